The molecule has 0 atom stereocenters. The Hall–Kier alpha value is -0.0600. The highest BCUT2D eigenvalue weighted by molar-refractivity contribution is 14.1. The average molecular weight is 240 g/mol. The minimum absolute atomic E-state index is 0.197. The fourth-order valence-corrected chi connectivity index (χ4v) is 0.680. The Morgan fingerprint density at radius 1 is 1.78 bits per heavy atom. The zero-order chi connectivity index (χ0) is 7.28. The van der Waals surface area contributed by atoms with Crippen molar-refractivity contribution in [2.24, 2.45) is 0 Å². The van der Waals surface area contributed by atoms with Gasteiger partial charge in [0.05, 0.1) is 13.0 Å². The van der Waals surface area contributed by atoms with Crippen molar-refractivity contribution in [1.29, 1.82) is 0 Å². The number of ether oxygens (including phenoxy) is 1. The van der Waals surface area contributed by atoms with E-state index in [9.17, 15) is 4.79 Å². The van der Waals surface area contributed by atoms with Crippen LogP contribution < -0.4 is 0 Å². The van der Waals surface area contributed by atoms with Gasteiger partial charge < -0.3 is 4.74 Å². The topological polar surface area (TPSA) is 26.3 Å². The van der Waals surface area contributed by atoms with Crippen LogP contribution in [-0.4, -0.2) is 12.6 Å². The Morgan fingerprint density at radius 3 is 2.67 bits per heavy atom. The monoisotopic (exact) mass is 240 g/mol. The lowest BCUT2D eigenvalue weighted by Crippen LogP contribution is -2.02. The van der Waals surface area contributed by atoms with Crippen LogP contribution in [-0.2, 0) is 9.53 Å². The first-order chi connectivity index (χ1) is 4.16. The first kappa shape index (κ1) is 8.94. The minimum Gasteiger partial charge on any atom is -0.466 e. The van der Waals surface area contributed by atoms with E-state index in [-0.39, 0.29) is 5.97 Å². The number of hydrogen-bond donors (Lipinski definition) is 0. The van der Waals surface area contributed by atoms with Gasteiger partial charge in [-0.2, -0.15) is 0 Å². The standard InChI is InChI=1S/C6H9IO2/c1-3-9-6(8)4-5(2)7/h2-4H2,1H3. The van der Waals surface area contributed by atoms with Crippen molar-refractivity contribution in [1.82, 2.24) is 0 Å². The van der Waals surface area contributed by atoms with Gasteiger partial charge in [0, 0.05) is 0 Å². The number of esters is 1. The fraction of sp³-hybridized carbons (Fsp3) is 0.500. The van der Waals surface area contributed by atoms with E-state index in [0.29, 0.717) is 13.0 Å². The van der Waals surface area contributed by atoms with Gasteiger partial charge in [0.25, 0.3) is 0 Å². The molecule has 0 rings (SSSR count). The molecule has 3 heteroatoms. The van der Waals surface area contributed by atoms with Gasteiger partial charge in [0.2, 0.25) is 0 Å². The average Bonchev–Trinajstić information content (AvgIpc) is 1.63. The molecule has 0 aromatic rings. The van der Waals surface area contributed by atoms with Crippen molar-refractivity contribution in [2.75, 3.05) is 6.61 Å². The molecule has 0 amide bonds. The summed E-state index contributed by atoms with van der Waals surface area (Å²) in [4.78, 5) is 10.6. The summed E-state index contributed by atoms with van der Waals surface area (Å²) in [6.45, 7) is 5.80. The molecule has 9 heavy (non-hydrogen) atoms. The van der Waals surface area contributed by atoms with Gasteiger partial charge in [-0.25, -0.2) is 0 Å². The predicted octanol–water partition coefficient (Wildman–Crippen LogP) is 1.89. The summed E-state index contributed by atoms with van der Waals surface area (Å²) in [5.41, 5.74) is 0. The maximum Gasteiger partial charge on any atom is 0.310 e. The quantitative estimate of drug-likeness (QED) is 0.556. The first-order valence-corrected chi connectivity index (χ1v) is 3.73. The second kappa shape index (κ2) is 4.78. The molecule has 2 nitrogen and oxygen atoms in total. The number of rotatable bonds is 3. The highest BCUT2D eigenvalue weighted by atomic mass is 127. The van der Waals surface area contributed by atoms with Crippen molar-refractivity contribution in [3.8, 4) is 0 Å². The van der Waals surface area contributed by atoms with E-state index >= 15 is 0 Å². The molecule has 0 N–H and O–H groups in total. The van der Waals surface area contributed by atoms with E-state index in [1.165, 1.54) is 0 Å². The Bertz CT molecular complexity index is 120. The first-order valence-electron chi connectivity index (χ1n) is 2.65. The van der Waals surface area contributed by atoms with E-state index in [1.807, 2.05) is 22.6 Å². The minimum atomic E-state index is -0.197. The Balaban J connectivity index is 3.39. The van der Waals surface area contributed by atoms with Gasteiger partial charge in [0.15, 0.2) is 0 Å². The lowest BCUT2D eigenvalue weighted by Gasteiger charge is -1.97. The predicted molar refractivity (Wildman–Crippen MR) is 44.4 cm³/mol. The van der Waals surface area contributed by atoms with Crippen LogP contribution in [0.5, 0.6) is 0 Å². The summed E-state index contributed by atoms with van der Waals surface area (Å²) in [6, 6.07) is 0. The van der Waals surface area contributed by atoms with Crippen molar-refractivity contribution >= 4 is 28.6 Å². The molecule has 0 aliphatic heterocycles. The Kier molecular flexibility index (Phi) is 4.75. The third-order valence-electron chi connectivity index (χ3n) is 0.641. The molecule has 0 radical (unpaired) electrons. The molecule has 0 aromatic heterocycles. The zero-order valence-corrected chi connectivity index (χ0v) is 7.47. The second-order valence-corrected chi connectivity index (χ2v) is 3.02. The van der Waals surface area contributed by atoms with Crippen LogP contribution in [0.15, 0.2) is 10.2 Å². The largest absolute Gasteiger partial charge is 0.466 e. The summed E-state index contributed by atoms with van der Waals surface area (Å²) in [5, 5.41) is 0. The van der Waals surface area contributed by atoms with Gasteiger partial charge in [-0.1, -0.05) is 6.58 Å². The molecule has 0 bridgehead atoms. The smallest absolute Gasteiger partial charge is 0.310 e. The lowest BCUT2D eigenvalue weighted by molar-refractivity contribution is -0.142. The van der Waals surface area contributed by atoms with Crippen LogP contribution in [0.2, 0.25) is 0 Å². The third-order valence-corrected chi connectivity index (χ3v) is 1.02. The van der Waals surface area contributed by atoms with Crippen LogP contribution >= 0.6 is 22.6 Å². The van der Waals surface area contributed by atoms with E-state index in [1.54, 1.807) is 6.92 Å². The number of carbonyl (C=O) groups is 1. The molecule has 0 saturated heterocycles. The molecule has 52 valence electrons. The molecule has 0 aliphatic rings. The van der Waals surface area contributed by atoms with Gasteiger partial charge >= 0.3 is 5.97 Å². The molecule has 0 fully saturated rings. The normalized spacial score (nSPS) is 8.67. The van der Waals surface area contributed by atoms with Crippen LogP contribution in [0, 0.1) is 0 Å². The number of halogens is 1. The molecule has 0 spiro atoms. The van der Waals surface area contributed by atoms with E-state index in [4.69, 9.17) is 0 Å². The van der Waals surface area contributed by atoms with Crippen molar-refractivity contribution in [3.63, 3.8) is 0 Å². The van der Waals surface area contributed by atoms with Crippen LogP contribution in [0.3, 0.4) is 0 Å². The van der Waals surface area contributed by atoms with E-state index in [2.05, 4.69) is 11.3 Å². The second-order valence-electron chi connectivity index (χ2n) is 1.50. The SMILES string of the molecule is C=C(I)CC(=O)OCC. The Morgan fingerprint density at radius 2 is 2.33 bits per heavy atom. The van der Waals surface area contributed by atoms with Crippen LogP contribution in [0.4, 0.5) is 0 Å². The highest BCUT2D eigenvalue weighted by Gasteiger charge is 2.00. The maximum absolute atomic E-state index is 10.6. The van der Waals surface area contributed by atoms with E-state index < -0.39 is 0 Å². The van der Waals surface area contributed by atoms with Gasteiger partial charge in [-0.05, 0) is 33.1 Å². The van der Waals surface area contributed by atoms with Crippen molar-refractivity contribution in [3.05, 3.63) is 10.2 Å². The highest BCUT2D eigenvalue weighted by Crippen LogP contribution is 2.07. The van der Waals surface area contributed by atoms with Gasteiger partial charge in [-0.15, -0.1) is 0 Å². The van der Waals surface area contributed by atoms with Crippen molar-refractivity contribution in [2.45, 2.75) is 13.3 Å². The van der Waals surface area contributed by atoms with Gasteiger partial charge in [0.1, 0.15) is 0 Å². The summed E-state index contributed by atoms with van der Waals surface area (Å²) in [6.07, 6.45) is 0.328. The van der Waals surface area contributed by atoms with E-state index in [0.717, 1.165) is 3.58 Å². The molecule has 0 saturated carbocycles. The zero-order valence-electron chi connectivity index (χ0n) is 5.32. The summed E-state index contributed by atoms with van der Waals surface area (Å²) in [5.74, 6) is -0.197. The molecule has 0 heterocycles. The lowest BCUT2D eigenvalue weighted by atomic mass is 10.4. The van der Waals surface area contributed by atoms with Crippen molar-refractivity contribution < 1.29 is 9.53 Å². The molecular weight excluding hydrogens is 231 g/mol. The number of carbonyl (C=O) groups excluding carboxylic acids is 1. The maximum atomic E-state index is 10.6. The van der Waals surface area contributed by atoms with Gasteiger partial charge in [-0.3, -0.25) is 4.79 Å². The summed E-state index contributed by atoms with van der Waals surface area (Å²) < 4.78 is 5.46. The molecule has 0 aliphatic carbocycles. The van der Waals surface area contributed by atoms with Crippen LogP contribution in [0.25, 0.3) is 0 Å². The number of hydrogen-bond acceptors (Lipinski definition) is 2. The third kappa shape index (κ3) is 5.82. The van der Waals surface area contributed by atoms with Crippen LogP contribution in [0.1, 0.15) is 13.3 Å². The molecular formula is C6H9IO2. The summed E-state index contributed by atoms with van der Waals surface area (Å²) >= 11 is 2.00. The fourth-order valence-electron chi connectivity index (χ4n) is 0.369. The Labute approximate surface area is 68.4 Å². The molecule has 0 aromatic carbocycles. The summed E-state index contributed by atoms with van der Waals surface area (Å²) in [7, 11) is 0. The molecule has 0 unspecified atom stereocenters.